The van der Waals surface area contributed by atoms with Gasteiger partial charge in [-0.1, -0.05) is 30.3 Å². The van der Waals surface area contributed by atoms with Crippen molar-refractivity contribution in [1.29, 1.82) is 0 Å². The van der Waals surface area contributed by atoms with E-state index < -0.39 is 17.3 Å². The summed E-state index contributed by atoms with van der Waals surface area (Å²) in [7, 11) is 1.76. The molecule has 0 radical (unpaired) electrons. The van der Waals surface area contributed by atoms with Gasteiger partial charge in [0.15, 0.2) is 0 Å². The summed E-state index contributed by atoms with van der Waals surface area (Å²) in [6, 6.07) is 12.6. The topological polar surface area (TPSA) is 84.7 Å². The number of benzene rings is 2. The number of phenolic OH excluding ortho intramolecular Hbond substituents is 1. The summed E-state index contributed by atoms with van der Waals surface area (Å²) in [5, 5.41) is 16.6. The summed E-state index contributed by atoms with van der Waals surface area (Å²) >= 11 is 7.86. The Morgan fingerprint density at radius 3 is 2.81 bits per heavy atom. The van der Waals surface area contributed by atoms with Gasteiger partial charge in [-0.05, 0) is 78.8 Å². The van der Waals surface area contributed by atoms with E-state index in [1.165, 1.54) is 4.90 Å². The summed E-state index contributed by atoms with van der Waals surface area (Å²) in [6.45, 7) is 7.95. The fourth-order valence-corrected chi connectivity index (χ4v) is 8.23. The van der Waals surface area contributed by atoms with Crippen molar-refractivity contribution >= 4 is 50.7 Å². The van der Waals surface area contributed by atoms with Gasteiger partial charge >= 0.3 is 0 Å². The third-order valence-electron chi connectivity index (χ3n) is 9.03. The van der Waals surface area contributed by atoms with Crippen LogP contribution in [0, 0.1) is 24.2 Å². The second kappa shape index (κ2) is 9.44. The average molecular weight is 598 g/mol. The van der Waals surface area contributed by atoms with Gasteiger partial charge < -0.3 is 9.84 Å². The van der Waals surface area contributed by atoms with Crippen molar-refractivity contribution in [1.82, 2.24) is 9.78 Å². The van der Waals surface area contributed by atoms with Crippen molar-refractivity contribution < 1.29 is 19.4 Å². The fraction of sp³-hybridized carbons (Fsp3) is 0.242. The number of ether oxygens (including phenoxy) is 1. The molecule has 3 aliphatic rings. The van der Waals surface area contributed by atoms with E-state index in [0.717, 1.165) is 37.2 Å². The molecule has 7 nitrogen and oxygen atoms in total. The van der Waals surface area contributed by atoms with E-state index in [1.54, 1.807) is 53.6 Å². The van der Waals surface area contributed by atoms with E-state index in [0.29, 0.717) is 35.1 Å². The Hall–Kier alpha value is -4.14. The van der Waals surface area contributed by atoms with Gasteiger partial charge in [0.25, 0.3) is 0 Å². The highest BCUT2D eigenvalue weighted by molar-refractivity contribution is 7.22. The molecule has 212 valence electrons. The second-order valence-electron chi connectivity index (χ2n) is 11.4. The molecule has 9 heteroatoms. The first kappa shape index (κ1) is 26.7. The number of hydrogen-bond donors (Lipinski definition) is 1. The van der Waals surface area contributed by atoms with Gasteiger partial charge in [0, 0.05) is 40.7 Å². The van der Waals surface area contributed by atoms with Crippen LogP contribution in [0.5, 0.6) is 11.5 Å². The molecule has 4 aromatic rings. The van der Waals surface area contributed by atoms with Gasteiger partial charge in [-0.3, -0.25) is 14.3 Å². The second-order valence-corrected chi connectivity index (χ2v) is 12.9. The molecule has 1 N–H and O–H groups in total. The Kier molecular flexibility index (Phi) is 6.01. The van der Waals surface area contributed by atoms with Crippen LogP contribution in [0.4, 0.5) is 5.82 Å². The number of phenols is 1. The SMILES string of the molecule is C=CC1=CCC2C(=O)N(c3cc(-c4sc5ccc(Cl)cc5c4C)nn3C)C(=O)C2(C)C1C1=COc2ccc(O)cc2C1. The number of imide groups is 1. The fourth-order valence-electron chi connectivity index (χ4n) is 6.91. The third-order valence-corrected chi connectivity index (χ3v) is 10.6. The number of anilines is 1. The van der Waals surface area contributed by atoms with E-state index in [2.05, 4.69) is 6.58 Å². The maximum Gasteiger partial charge on any atom is 0.242 e. The molecule has 3 atom stereocenters. The molecule has 2 amide bonds. The molecule has 2 aliphatic heterocycles. The number of fused-ring (bicyclic) bond motifs is 3. The van der Waals surface area contributed by atoms with Crippen LogP contribution in [0.2, 0.25) is 5.02 Å². The first-order valence-corrected chi connectivity index (χ1v) is 14.9. The number of hydrogen-bond acceptors (Lipinski definition) is 6. The highest BCUT2D eigenvalue weighted by atomic mass is 35.5. The van der Waals surface area contributed by atoms with Gasteiger partial charge in [-0.25, -0.2) is 4.90 Å². The maximum atomic E-state index is 14.5. The zero-order valence-corrected chi connectivity index (χ0v) is 24.9. The van der Waals surface area contributed by atoms with Crippen LogP contribution < -0.4 is 9.64 Å². The first-order chi connectivity index (χ1) is 20.1. The molecule has 4 heterocycles. The molecule has 1 aliphatic carbocycles. The molecule has 1 saturated heterocycles. The van der Waals surface area contributed by atoms with Crippen LogP contribution in [0.1, 0.15) is 24.5 Å². The van der Waals surface area contributed by atoms with Crippen molar-refractivity contribution in [3.63, 3.8) is 0 Å². The average Bonchev–Trinajstić information content (AvgIpc) is 3.56. The molecule has 1 fully saturated rings. The molecule has 2 aromatic carbocycles. The van der Waals surface area contributed by atoms with Gasteiger partial charge in [0.1, 0.15) is 23.0 Å². The normalized spacial score (nSPS) is 23.4. The summed E-state index contributed by atoms with van der Waals surface area (Å²) in [5.41, 5.74) is 3.27. The number of carbonyl (C=O) groups excluding carboxylic acids is 2. The number of halogens is 1. The zero-order valence-electron chi connectivity index (χ0n) is 23.3. The number of aromatic nitrogens is 2. The van der Waals surface area contributed by atoms with Crippen molar-refractivity contribution in [2.24, 2.45) is 24.3 Å². The lowest BCUT2D eigenvalue weighted by Crippen LogP contribution is -2.44. The highest BCUT2D eigenvalue weighted by Crippen LogP contribution is 2.56. The zero-order chi connectivity index (χ0) is 29.5. The summed E-state index contributed by atoms with van der Waals surface area (Å²) in [4.78, 5) is 30.9. The predicted octanol–water partition coefficient (Wildman–Crippen LogP) is 7.12. The van der Waals surface area contributed by atoms with Gasteiger partial charge in [0.2, 0.25) is 11.8 Å². The monoisotopic (exact) mass is 597 g/mol. The Morgan fingerprint density at radius 2 is 2.02 bits per heavy atom. The Labute approximate surface area is 252 Å². The smallest absolute Gasteiger partial charge is 0.242 e. The number of aromatic hydroxyl groups is 1. The molecular weight excluding hydrogens is 570 g/mol. The third kappa shape index (κ3) is 3.75. The molecular formula is C33H28ClN3O4S. The predicted molar refractivity (Wildman–Crippen MR) is 165 cm³/mol. The van der Waals surface area contributed by atoms with Crippen LogP contribution in [-0.4, -0.2) is 26.7 Å². The Morgan fingerprint density at radius 1 is 1.21 bits per heavy atom. The van der Waals surface area contributed by atoms with Crippen LogP contribution in [-0.2, 0) is 23.1 Å². The van der Waals surface area contributed by atoms with Crippen molar-refractivity contribution in [2.45, 2.75) is 26.7 Å². The summed E-state index contributed by atoms with van der Waals surface area (Å²) in [6.07, 6.45) is 6.38. The van der Waals surface area contributed by atoms with E-state index in [9.17, 15) is 14.7 Å². The van der Waals surface area contributed by atoms with Crippen molar-refractivity contribution in [3.8, 4) is 22.1 Å². The van der Waals surface area contributed by atoms with E-state index in [-0.39, 0.29) is 17.6 Å². The quantitative estimate of drug-likeness (QED) is 0.253. The van der Waals surface area contributed by atoms with Crippen molar-refractivity contribution in [3.05, 3.63) is 94.8 Å². The van der Waals surface area contributed by atoms with Gasteiger partial charge in [0.05, 0.1) is 22.5 Å². The lowest BCUT2D eigenvalue weighted by molar-refractivity contribution is -0.128. The molecule has 42 heavy (non-hydrogen) atoms. The number of rotatable bonds is 4. The molecule has 0 saturated carbocycles. The lowest BCUT2D eigenvalue weighted by Gasteiger charge is -2.41. The summed E-state index contributed by atoms with van der Waals surface area (Å²) in [5.74, 6) is -0.246. The molecule has 7 rings (SSSR count). The molecule has 0 bridgehead atoms. The minimum Gasteiger partial charge on any atom is -0.508 e. The van der Waals surface area contributed by atoms with E-state index in [1.807, 2.05) is 44.2 Å². The van der Waals surface area contributed by atoms with Gasteiger partial charge in [-0.2, -0.15) is 5.10 Å². The van der Waals surface area contributed by atoms with Gasteiger partial charge in [-0.15, -0.1) is 11.3 Å². The highest BCUT2D eigenvalue weighted by Gasteiger charge is 2.63. The summed E-state index contributed by atoms with van der Waals surface area (Å²) < 4.78 is 8.66. The number of allylic oxidation sites excluding steroid dienone is 4. The standard InChI is InChI=1S/C33H28ClN3O4S/c1-5-18-6-9-24-31(39)37(28-15-25(35-36(28)4)30-17(2)23-14-21(34)7-11-27(23)42-30)32(40)33(24,3)29(18)20-12-19-13-22(38)8-10-26(19)41-16-20/h5-8,10-11,13-16,24,29,38H,1,9,12H2,2-4H3. The Bertz CT molecular complexity index is 1920. The largest absolute Gasteiger partial charge is 0.508 e. The number of amides is 2. The van der Waals surface area contributed by atoms with E-state index in [4.69, 9.17) is 21.4 Å². The Balaban J connectivity index is 1.29. The van der Waals surface area contributed by atoms with Crippen LogP contribution in [0.25, 0.3) is 20.7 Å². The first-order valence-electron chi connectivity index (χ1n) is 13.7. The molecule has 0 spiro atoms. The van der Waals surface area contributed by atoms with E-state index >= 15 is 0 Å². The molecule has 2 aromatic heterocycles. The van der Waals surface area contributed by atoms with Crippen LogP contribution in [0.3, 0.4) is 0 Å². The maximum absolute atomic E-state index is 14.5. The van der Waals surface area contributed by atoms with Crippen LogP contribution in [0.15, 0.2) is 78.6 Å². The lowest BCUT2D eigenvalue weighted by atomic mass is 9.59. The number of carbonyl (C=O) groups is 2. The molecule has 3 unspecified atom stereocenters. The van der Waals surface area contributed by atoms with Crippen LogP contribution >= 0.6 is 22.9 Å². The number of nitrogens with zero attached hydrogens (tertiary/aromatic N) is 3. The number of thiophene rings is 1. The minimum absolute atomic E-state index is 0.146. The van der Waals surface area contributed by atoms with Crippen molar-refractivity contribution in [2.75, 3.05) is 4.90 Å². The minimum atomic E-state index is -1.06. The number of aryl methyl sites for hydroxylation is 2.